The van der Waals surface area contributed by atoms with E-state index in [0.29, 0.717) is 17.3 Å². The van der Waals surface area contributed by atoms with Crippen molar-refractivity contribution in [3.63, 3.8) is 0 Å². The van der Waals surface area contributed by atoms with E-state index in [1.807, 2.05) is 29.6 Å². The van der Waals surface area contributed by atoms with Gasteiger partial charge in [0.25, 0.3) is 0 Å². The van der Waals surface area contributed by atoms with Crippen LogP contribution in [0.15, 0.2) is 29.6 Å². The van der Waals surface area contributed by atoms with Gasteiger partial charge in [-0.2, -0.15) is 0 Å². The second-order valence-electron chi connectivity index (χ2n) is 8.44. The molecule has 1 aliphatic rings. The van der Waals surface area contributed by atoms with Crippen molar-refractivity contribution in [1.29, 1.82) is 0 Å². The summed E-state index contributed by atoms with van der Waals surface area (Å²) in [4.78, 5) is 17.5. The number of thiazole rings is 1. The lowest BCUT2D eigenvalue weighted by Crippen LogP contribution is -2.43. The van der Waals surface area contributed by atoms with Gasteiger partial charge in [-0.25, -0.2) is 4.98 Å². The molecule has 1 fully saturated rings. The minimum Gasteiger partial charge on any atom is -0.543 e. The number of ketones is 1. The number of carbonyl (C=O) groups excluding carboxylic acids is 1. The summed E-state index contributed by atoms with van der Waals surface area (Å²) in [6.45, 7) is 12.1. The Bertz CT molecular complexity index is 789. The van der Waals surface area contributed by atoms with Gasteiger partial charge in [0.05, 0.1) is 6.04 Å². The van der Waals surface area contributed by atoms with Crippen LogP contribution in [0.4, 0.5) is 0 Å². The normalized spacial score (nSPS) is 18.1. The molecule has 1 saturated heterocycles. The van der Waals surface area contributed by atoms with Crippen molar-refractivity contribution in [2.24, 2.45) is 0 Å². The number of benzene rings is 1. The molecule has 140 valence electrons. The zero-order valence-electron chi connectivity index (χ0n) is 16.3. The molecule has 3 rings (SSSR count). The molecule has 0 unspecified atom stereocenters. The number of rotatable bonds is 5. The molecule has 2 aromatic rings. The van der Waals surface area contributed by atoms with Gasteiger partial charge in [0.15, 0.2) is 0 Å². The van der Waals surface area contributed by atoms with Crippen LogP contribution in [0.25, 0.3) is 0 Å². The van der Waals surface area contributed by atoms with E-state index in [4.69, 9.17) is 4.43 Å². The maximum atomic E-state index is 12.9. The first-order valence-corrected chi connectivity index (χ1v) is 13.0. The third-order valence-corrected chi connectivity index (χ3v) is 10.7. The largest absolute Gasteiger partial charge is 0.543 e. The quantitative estimate of drug-likeness (QED) is 0.566. The lowest BCUT2D eigenvalue weighted by Gasteiger charge is -2.36. The third-order valence-electron chi connectivity index (χ3n) is 5.39. The van der Waals surface area contributed by atoms with E-state index in [0.717, 1.165) is 23.7 Å². The van der Waals surface area contributed by atoms with E-state index in [1.54, 1.807) is 11.3 Å². The van der Waals surface area contributed by atoms with E-state index in [1.165, 1.54) is 6.42 Å². The smallest absolute Gasteiger partial charge is 0.250 e. The summed E-state index contributed by atoms with van der Waals surface area (Å²) in [5, 5.41) is 6.44. The molecule has 1 aliphatic heterocycles. The summed E-state index contributed by atoms with van der Waals surface area (Å²) in [5.41, 5.74) is 1.17. The summed E-state index contributed by atoms with van der Waals surface area (Å²) in [6.07, 6.45) is 2.26. The lowest BCUT2D eigenvalue weighted by atomic mass is 10.1. The SMILES string of the molecule is CC(C)(C)[Si](C)(C)Oc1cccc(C(=O)c2csc([C@@H]3CCCN3)n2)c1. The first kappa shape index (κ1) is 19.3. The predicted octanol–water partition coefficient (Wildman–Crippen LogP) is 5.18. The molecule has 1 aromatic carbocycles. The highest BCUT2D eigenvalue weighted by Gasteiger charge is 2.39. The molecule has 0 saturated carbocycles. The van der Waals surface area contributed by atoms with E-state index in [2.05, 4.69) is 44.2 Å². The van der Waals surface area contributed by atoms with Gasteiger partial charge in [0, 0.05) is 10.9 Å². The number of hydrogen-bond acceptors (Lipinski definition) is 5. The Labute approximate surface area is 161 Å². The molecule has 6 heteroatoms. The fraction of sp³-hybridized carbons (Fsp3) is 0.500. The van der Waals surface area contributed by atoms with Crippen LogP contribution in [-0.4, -0.2) is 25.6 Å². The maximum absolute atomic E-state index is 12.9. The second-order valence-corrected chi connectivity index (χ2v) is 14.1. The first-order valence-electron chi connectivity index (χ1n) is 9.20. The number of nitrogens with zero attached hydrogens (tertiary/aromatic N) is 1. The molecule has 4 nitrogen and oxygen atoms in total. The maximum Gasteiger partial charge on any atom is 0.250 e. The molecular formula is C20H28N2O2SSi. The van der Waals surface area contributed by atoms with Gasteiger partial charge in [-0.1, -0.05) is 32.9 Å². The Morgan fingerprint density at radius 3 is 2.77 bits per heavy atom. The van der Waals surface area contributed by atoms with Crippen LogP contribution < -0.4 is 9.74 Å². The van der Waals surface area contributed by atoms with Gasteiger partial charge < -0.3 is 9.74 Å². The molecule has 0 radical (unpaired) electrons. The van der Waals surface area contributed by atoms with E-state index in [-0.39, 0.29) is 10.8 Å². The van der Waals surface area contributed by atoms with Crippen LogP contribution >= 0.6 is 11.3 Å². The van der Waals surface area contributed by atoms with Gasteiger partial charge in [-0.05, 0) is 49.7 Å². The van der Waals surface area contributed by atoms with Crippen LogP contribution in [0.1, 0.15) is 60.7 Å². The summed E-state index contributed by atoms with van der Waals surface area (Å²) in [7, 11) is -1.93. The highest BCUT2D eigenvalue weighted by Crippen LogP contribution is 2.37. The lowest BCUT2D eigenvalue weighted by molar-refractivity contribution is 0.103. The molecule has 1 aromatic heterocycles. The molecule has 1 N–H and O–H groups in total. The number of nitrogens with one attached hydrogen (secondary N) is 1. The minimum atomic E-state index is -1.93. The van der Waals surface area contributed by atoms with Crippen LogP contribution in [0.2, 0.25) is 18.1 Å². The molecular weight excluding hydrogens is 360 g/mol. The Morgan fingerprint density at radius 2 is 2.12 bits per heavy atom. The first-order chi connectivity index (χ1) is 12.2. The molecule has 1 atom stereocenters. The van der Waals surface area contributed by atoms with Crippen molar-refractivity contribution in [2.45, 2.75) is 57.8 Å². The van der Waals surface area contributed by atoms with Crippen molar-refractivity contribution in [1.82, 2.24) is 10.3 Å². The zero-order valence-corrected chi connectivity index (χ0v) is 18.1. The molecule has 2 heterocycles. The Hall–Kier alpha value is -1.50. The average Bonchev–Trinajstić information content (AvgIpc) is 3.24. The van der Waals surface area contributed by atoms with Gasteiger partial charge >= 0.3 is 0 Å². The third kappa shape index (κ3) is 4.08. The van der Waals surface area contributed by atoms with Gasteiger partial charge in [0.2, 0.25) is 14.1 Å². The highest BCUT2D eigenvalue weighted by molar-refractivity contribution is 7.10. The van der Waals surface area contributed by atoms with Crippen molar-refractivity contribution in [2.75, 3.05) is 6.54 Å². The highest BCUT2D eigenvalue weighted by atomic mass is 32.1. The van der Waals surface area contributed by atoms with E-state index >= 15 is 0 Å². The zero-order chi connectivity index (χ0) is 18.9. The minimum absolute atomic E-state index is 0.0359. The summed E-state index contributed by atoms with van der Waals surface area (Å²) in [5.74, 6) is 0.738. The fourth-order valence-corrected chi connectivity index (χ4v) is 4.67. The van der Waals surface area contributed by atoms with E-state index in [9.17, 15) is 4.79 Å². The molecule has 26 heavy (non-hydrogen) atoms. The number of aromatic nitrogens is 1. The van der Waals surface area contributed by atoms with Crippen molar-refractivity contribution in [3.05, 3.63) is 45.9 Å². The van der Waals surface area contributed by atoms with Gasteiger partial charge in [0.1, 0.15) is 16.5 Å². The van der Waals surface area contributed by atoms with Gasteiger partial charge in [-0.15, -0.1) is 11.3 Å². The summed E-state index contributed by atoms with van der Waals surface area (Å²) in [6, 6.07) is 7.83. The topological polar surface area (TPSA) is 51.2 Å². The summed E-state index contributed by atoms with van der Waals surface area (Å²) >= 11 is 1.57. The molecule has 0 spiro atoms. The van der Waals surface area contributed by atoms with Crippen molar-refractivity contribution < 1.29 is 9.22 Å². The van der Waals surface area contributed by atoms with Crippen LogP contribution in [0, 0.1) is 0 Å². The monoisotopic (exact) mass is 388 g/mol. The Kier molecular flexibility index (Phi) is 5.37. The summed E-state index contributed by atoms with van der Waals surface area (Å²) < 4.78 is 6.34. The fourth-order valence-electron chi connectivity index (χ4n) is 2.74. The molecule has 0 aliphatic carbocycles. The van der Waals surface area contributed by atoms with Crippen LogP contribution in [-0.2, 0) is 0 Å². The van der Waals surface area contributed by atoms with Crippen LogP contribution in [0.3, 0.4) is 0 Å². The Balaban J connectivity index is 1.78. The Morgan fingerprint density at radius 1 is 1.35 bits per heavy atom. The average molecular weight is 389 g/mol. The van der Waals surface area contributed by atoms with Crippen molar-refractivity contribution >= 4 is 25.4 Å². The van der Waals surface area contributed by atoms with Crippen molar-refractivity contribution in [3.8, 4) is 5.75 Å². The molecule has 0 amide bonds. The van der Waals surface area contributed by atoms with Gasteiger partial charge in [-0.3, -0.25) is 4.79 Å². The van der Waals surface area contributed by atoms with Crippen LogP contribution in [0.5, 0.6) is 5.75 Å². The number of hydrogen-bond donors (Lipinski definition) is 1. The standard InChI is InChI=1S/C20H28N2O2SSi/c1-20(2,3)26(4,5)24-15-9-6-8-14(12-15)18(23)17-13-25-19(22-17)16-10-7-11-21-16/h6,8-9,12-13,16,21H,7,10-11H2,1-5H3/t16-/m0/s1. The number of carbonyl (C=O) groups is 1. The van der Waals surface area contributed by atoms with E-state index < -0.39 is 8.32 Å². The predicted molar refractivity (Wildman–Crippen MR) is 110 cm³/mol. The molecule has 0 bridgehead atoms. The second kappa shape index (κ2) is 7.25.